The summed E-state index contributed by atoms with van der Waals surface area (Å²) in [6.07, 6.45) is 2.61. The van der Waals surface area contributed by atoms with E-state index in [4.69, 9.17) is 14.6 Å². The number of ether oxygens (including phenoxy) is 2. The third-order valence-electron chi connectivity index (χ3n) is 4.92. The average molecular weight is 424 g/mol. The molecule has 7 nitrogen and oxygen atoms in total. The highest BCUT2D eigenvalue weighted by Gasteiger charge is 2.43. The van der Waals surface area contributed by atoms with Gasteiger partial charge in [0.15, 0.2) is 5.54 Å². The number of hydrogen-bond acceptors (Lipinski definition) is 6. The standard InChI is InChI=1S/C24H29N3O4/c1-3-12-24(23(29)27-25-16-19-7-4-6-18(2)15-19)17-31-22(26-24)20-8-10-21(11-9-20)30-14-5-13-28/h3-4,6-11,15,25,28H,1,5,12-14,16-17H2,2H3,(H,27,29)/t24-/m0/s1. The lowest BCUT2D eigenvalue weighted by Crippen LogP contribution is -2.51. The lowest BCUT2D eigenvalue weighted by atomic mass is 9.97. The fourth-order valence-corrected chi connectivity index (χ4v) is 3.26. The molecule has 7 heteroatoms. The number of aliphatic hydroxyl groups excluding tert-OH is 1. The number of aliphatic imine (C=N–C) groups is 1. The van der Waals surface area contributed by atoms with Crippen molar-refractivity contribution in [3.05, 3.63) is 77.9 Å². The number of nitrogens with one attached hydrogen (secondary N) is 2. The van der Waals surface area contributed by atoms with Crippen molar-refractivity contribution in [2.45, 2.75) is 31.8 Å². The van der Waals surface area contributed by atoms with Gasteiger partial charge in [-0.3, -0.25) is 10.2 Å². The Morgan fingerprint density at radius 3 is 2.84 bits per heavy atom. The molecule has 1 aliphatic rings. The minimum atomic E-state index is -1.06. The first-order valence-corrected chi connectivity index (χ1v) is 10.3. The monoisotopic (exact) mass is 423 g/mol. The number of amides is 1. The first-order valence-electron chi connectivity index (χ1n) is 10.3. The van der Waals surface area contributed by atoms with E-state index in [1.807, 2.05) is 49.4 Å². The summed E-state index contributed by atoms with van der Waals surface area (Å²) in [6.45, 7) is 6.99. The van der Waals surface area contributed by atoms with Crippen LogP contribution in [0.3, 0.4) is 0 Å². The summed E-state index contributed by atoms with van der Waals surface area (Å²) in [6, 6.07) is 15.4. The molecular formula is C24H29N3O4. The van der Waals surface area contributed by atoms with Crippen molar-refractivity contribution in [2.24, 2.45) is 4.99 Å². The van der Waals surface area contributed by atoms with Crippen molar-refractivity contribution < 1.29 is 19.4 Å². The zero-order valence-corrected chi connectivity index (χ0v) is 17.8. The van der Waals surface area contributed by atoms with Gasteiger partial charge in [0.25, 0.3) is 5.91 Å². The van der Waals surface area contributed by atoms with E-state index in [-0.39, 0.29) is 19.1 Å². The highest BCUT2D eigenvalue weighted by Crippen LogP contribution is 2.27. The van der Waals surface area contributed by atoms with Crippen LogP contribution >= 0.6 is 0 Å². The van der Waals surface area contributed by atoms with E-state index in [1.165, 1.54) is 0 Å². The van der Waals surface area contributed by atoms with Crippen LogP contribution in [0, 0.1) is 6.92 Å². The smallest absolute Gasteiger partial charge is 0.266 e. The molecular weight excluding hydrogens is 394 g/mol. The van der Waals surface area contributed by atoms with Crippen LogP contribution in [0.5, 0.6) is 5.75 Å². The Morgan fingerprint density at radius 2 is 2.13 bits per heavy atom. The van der Waals surface area contributed by atoms with E-state index in [9.17, 15) is 4.79 Å². The maximum absolute atomic E-state index is 12.9. The molecule has 0 aliphatic carbocycles. The van der Waals surface area contributed by atoms with Crippen molar-refractivity contribution in [3.8, 4) is 5.75 Å². The quantitative estimate of drug-likeness (QED) is 0.294. The molecule has 2 aromatic rings. The fourth-order valence-electron chi connectivity index (χ4n) is 3.26. The summed E-state index contributed by atoms with van der Waals surface area (Å²) in [4.78, 5) is 17.6. The number of aliphatic hydroxyl groups is 1. The van der Waals surface area contributed by atoms with Gasteiger partial charge in [-0.2, -0.15) is 0 Å². The molecule has 0 saturated carbocycles. The van der Waals surface area contributed by atoms with Crippen LogP contribution < -0.4 is 15.6 Å². The van der Waals surface area contributed by atoms with Crippen LogP contribution in [-0.2, 0) is 16.1 Å². The summed E-state index contributed by atoms with van der Waals surface area (Å²) in [7, 11) is 0. The maximum Gasteiger partial charge on any atom is 0.266 e. The summed E-state index contributed by atoms with van der Waals surface area (Å²) in [5.41, 5.74) is 7.69. The van der Waals surface area contributed by atoms with Crippen LogP contribution in [0.15, 0.2) is 66.2 Å². The summed E-state index contributed by atoms with van der Waals surface area (Å²) in [5.74, 6) is 0.850. The van der Waals surface area contributed by atoms with Crippen molar-refractivity contribution in [1.82, 2.24) is 10.9 Å². The van der Waals surface area contributed by atoms with E-state index in [1.54, 1.807) is 6.08 Å². The molecule has 0 fully saturated rings. The molecule has 0 unspecified atom stereocenters. The van der Waals surface area contributed by atoms with Crippen LogP contribution in [0.2, 0.25) is 0 Å². The molecule has 0 radical (unpaired) electrons. The van der Waals surface area contributed by atoms with E-state index in [0.717, 1.165) is 16.7 Å². The lowest BCUT2D eigenvalue weighted by molar-refractivity contribution is -0.127. The number of rotatable bonds is 11. The lowest BCUT2D eigenvalue weighted by Gasteiger charge is -2.21. The maximum atomic E-state index is 12.9. The molecule has 0 spiro atoms. The van der Waals surface area contributed by atoms with Crippen LogP contribution in [-0.4, -0.2) is 42.3 Å². The zero-order chi connectivity index (χ0) is 22.1. The first kappa shape index (κ1) is 22.5. The highest BCUT2D eigenvalue weighted by molar-refractivity contribution is 6.00. The Hall–Kier alpha value is -3.16. The molecule has 164 valence electrons. The molecule has 2 aromatic carbocycles. The second-order valence-corrected chi connectivity index (χ2v) is 7.48. The summed E-state index contributed by atoms with van der Waals surface area (Å²) in [5, 5.41) is 8.84. The van der Waals surface area contributed by atoms with Gasteiger partial charge in [-0.15, -0.1) is 6.58 Å². The number of hydrogen-bond donors (Lipinski definition) is 3. The zero-order valence-electron chi connectivity index (χ0n) is 17.8. The van der Waals surface area contributed by atoms with E-state index in [0.29, 0.717) is 37.6 Å². The van der Waals surface area contributed by atoms with Crippen LogP contribution in [0.4, 0.5) is 0 Å². The number of nitrogens with zero attached hydrogens (tertiary/aromatic N) is 1. The molecule has 1 aliphatic heterocycles. The van der Waals surface area contributed by atoms with Gasteiger partial charge < -0.3 is 14.6 Å². The topological polar surface area (TPSA) is 92.2 Å². The second kappa shape index (κ2) is 10.7. The first-order chi connectivity index (χ1) is 15.1. The van der Waals surface area contributed by atoms with Gasteiger partial charge in [0.2, 0.25) is 5.90 Å². The number of carbonyl (C=O) groups is 1. The largest absolute Gasteiger partial charge is 0.494 e. The normalized spacial score (nSPS) is 17.5. The van der Waals surface area contributed by atoms with Crippen molar-refractivity contribution in [3.63, 3.8) is 0 Å². The average Bonchev–Trinajstić information content (AvgIpc) is 3.20. The number of aryl methyl sites for hydroxylation is 1. The van der Waals surface area contributed by atoms with Gasteiger partial charge in [-0.1, -0.05) is 35.9 Å². The highest BCUT2D eigenvalue weighted by atomic mass is 16.5. The minimum Gasteiger partial charge on any atom is -0.494 e. The minimum absolute atomic E-state index is 0.0933. The molecule has 0 saturated heterocycles. The Bertz CT molecular complexity index is 927. The van der Waals surface area contributed by atoms with Crippen LogP contribution in [0.25, 0.3) is 0 Å². The van der Waals surface area contributed by atoms with E-state index >= 15 is 0 Å². The Balaban J connectivity index is 1.64. The van der Waals surface area contributed by atoms with E-state index in [2.05, 4.69) is 28.5 Å². The molecule has 1 heterocycles. The SMILES string of the molecule is C=CC[C@@]1(C(=O)NNCc2cccc(C)c2)COC(c2ccc(OCCCO)cc2)=N1. The molecule has 1 atom stereocenters. The second-order valence-electron chi connectivity index (χ2n) is 7.48. The fraction of sp³-hybridized carbons (Fsp3) is 0.333. The van der Waals surface area contributed by atoms with E-state index < -0.39 is 5.54 Å². The third kappa shape index (κ3) is 5.93. The molecule has 1 amide bonds. The Kier molecular flexibility index (Phi) is 7.81. The predicted octanol–water partition coefficient (Wildman–Crippen LogP) is 2.67. The van der Waals surface area contributed by atoms with Gasteiger partial charge in [-0.05, 0) is 36.8 Å². The van der Waals surface area contributed by atoms with Gasteiger partial charge in [0, 0.05) is 31.6 Å². The third-order valence-corrected chi connectivity index (χ3v) is 4.92. The Labute approximate surface area is 182 Å². The van der Waals surface area contributed by atoms with Gasteiger partial charge in [0.1, 0.15) is 12.4 Å². The molecule has 3 N–H and O–H groups in total. The van der Waals surface area contributed by atoms with Crippen molar-refractivity contribution in [2.75, 3.05) is 19.8 Å². The number of benzene rings is 2. The van der Waals surface area contributed by atoms with Crippen molar-refractivity contribution in [1.29, 1.82) is 0 Å². The molecule has 0 bridgehead atoms. The number of hydrazine groups is 1. The Morgan fingerprint density at radius 1 is 1.32 bits per heavy atom. The van der Waals surface area contributed by atoms with Gasteiger partial charge in [0.05, 0.1) is 6.61 Å². The number of carbonyl (C=O) groups excluding carboxylic acids is 1. The molecule has 0 aromatic heterocycles. The molecule has 31 heavy (non-hydrogen) atoms. The predicted molar refractivity (Wildman–Crippen MR) is 120 cm³/mol. The summed E-state index contributed by atoms with van der Waals surface area (Å²) >= 11 is 0. The van der Waals surface area contributed by atoms with Gasteiger partial charge >= 0.3 is 0 Å². The van der Waals surface area contributed by atoms with Gasteiger partial charge in [-0.25, -0.2) is 10.4 Å². The van der Waals surface area contributed by atoms with Crippen molar-refractivity contribution >= 4 is 11.8 Å². The molecule has 3 rings (SSSR count). The summed E-state index contributed by atoms with van der Waals surface area (Å²) < 4.78 is 11.3. The van der Waals surface area contributed by atoms with Crippen LogP contribution in [0.1, 0.15) is 29.5 Å².